The maximum atomic E-state index is 9.29. The second kappa shape index (κ2) is 7.49. The Hall–Kier alpha value is -0.160. The monoisotopic (exact) mass is 177 g/mol. The second-order valence-electron chi connectivity index (χ2n) is 3.04. The van der Waals surface area contributed by atoms with Crippen LogP contribution in [0.4, 0.5) is 0 Å². The van der Waals surface area contributed by atoms with Crippen LogP contribution in [0, 0.1) is 0 Å². The van der Waals surface area contributed by atoms with E-state index in [1.165, 1.54) is 0 Å². The predicted octanol–water partition coefficient (Wildman–Crippen LogP) is -0.692. The quantitative estimate of drug-likeness (QED) is 0.505. The van der Waals surface area contributed by atoms with Gasteiger partial charge in [0.2, 0.25) is 0 Å². The highest BCUT2D eigenvalue weighted by Crippen LogP contribution is 1.93. The molecule has 74 valence electrons. The van der Waals surface area contributed by atoms with Gasteiger partial charge >= 0.3 is 0 Å². The maximum absolute atomic E-state index is 9.29. The van der Waals surface area contributed by atoms with Crippen LogP contribution in [0.5, 0.6) is 0 Å². The third-order valence-electron chi connectivity index (χ3n) is 1.46. The number of aliphatic hydroxyl groups is 2. The molecule has 4 heteroatoms. The highest BCUT2D eigenvalue weighted by molar-refractivity contribution is 4.55. The maximum Gasteiger partial charge on any atom is 0.0785 e. The fourth-order valence-electron chi connectivity index (χ4n) is 0.774. The molecule has 0 aromatic carbocycles. The molecule has 4 nitrogen and oxygen atoms in total. The largest absolute Gasteiger partial charge is 0.394 e. The summed E-state index contributed by atoms with van der Waals surface area (Å²) in [4.78, 5) is 2.01. The third-order valence-corrected chi connectivity index (χ3v) is 1.46. The topological polar surface area (TPSA) is 52.9 Å². The summed E-state index contributed by atoms with van der Waals surface area (Å²) in [6, 6.07) is 0. The first-order valence-corrected chi connectivity index (χ1v) is 4.18. The molecule has 12 heavy (non-hydrogen) atoms. The molecule has 0 aliphatic rings. The summed E-state index contributed by atoms with van der Waals surface area (Å²) >= 11 is 0. The molecule has 0 heterocycles. The molecule has 0 aliphatic heterocycles. The van der Waals surface area contributed by atoms with E-state index >= 15 is 0 Å². The van der Waals surface area contributed by atoms with E-state index in [0.717, 1.165) is 6.54 Å². The highest BCUT2D eigenvalue weighted by Gasteiger charge is 2.03. The zero-order valence-electron chi connectivity index (χ0n) is 7.86. The van der Waals surface area contributed by atoms with Gasteiger partial charge in [0, 0.05) is 6.54 Å². The molecular formula is C8H19NO3. The number of aliphatic hydroxyl groups excluding tert-OH is 2. The molecule has 2 N–H and O–H groups in total. The van der Waals surface area contributed by atoms with E-state index in [1.54, 1.807) is 0 Å². The van der Waals surface area contributed by atoms with Crippen molar-refractivity contribution in [1.29, 1.82) is 0 Å². The fourth-order valence-corrected chi connectivity index (χ4v) is 0.774. The van der Waals surface area contributed by atoms with Crippen molar-refractivity contribution >= 4 is 0 Å². The van der Waals surface area contributed by atoms with Gasteiger partial charge in [-0.25, -0.2) is 0 Å². The summed E-state index contributed by atoms with van der Waals surface area (Å²) < 4.78 is 4.96. The Labute approximate surface area is 73.8 Å². The van der Waals surface area contributed by atoms with Crippen molar-refractivity contribution in [2.45, 2.75) is 12.5 Å². The number of nitrogens with zero attached hydrogens (tertiary/aromatic N) is 1. The van der Waals surface area contributed by atoms with Crippen LogP contribution in [0.1, 0.15) is 6.42 Å². The summed E-state index contributed by atoms with van der Waals surface area (Å²) in [7, 11) is 3.92. The summed E-state index contributed by atoms with van der Waals surface area (Å²) in [5.74, 6) is 0. The van der Waals surface area contributed by atoms with Gasteiger partial charge in [-0.1, -0.05) is 0 Å². The van der Waals surface area contributed by atoms with Gasteiger partial charge in [0.25, 0.3) is 0 Å². The average molecular weight is 177 g/mol. The van der Waals surface area contributed by atoms with Crippen molar-refractivity contribution in [1.82, 2.24) is 4.90 Å². The first-order valence-electron chi connectivity index (χ1n) is 4.18. The molecule has 0 aliphatic carbocycles. The number of ether oxygens (including phenoxy) is 1. The Morgan fingerprint density at radius 2 is 2.08 bits per heavy atom. The normalized spacial score (nSPS) is 13.8. The van der Waals surface area contributed by atoms with Crippen LogP contribution in [0.3, 0.4) is 0 Å². The lowest BCUT2D eigenvalue weighted by Crippen LogP contribution is -2.23. The van der Waals surface area contributed by atoms with Gasteiger partial charge in [0.15, 0.2) is 0 Å². The first kappa shape index (κ1) is 11.8. The smallest absolute Gasteiger partial charge is 0.0785 e. The molecule has 0 fully saturated rings. The SMILES string of the molecule is CN(C)CCC(O)COCCO. The molecule has 0 bridgehead atoms. The lowest BCUT2D eigenvalue weighted by atomic mass is 10.2. The van der Waals surface area contributed by atoms with Crippen LogP contribution in [0.15, 0.2) is 0 Å². The Kier molecular flexibility index (Phi) is 7.39. The van der Waals surface area contributed by atoms with E-state index in [1.807, 2.05) is 19.0 Å². The molecule has 0 spiro atoms. The van der Waals surface area contributed by atoms with E-state index in [4.69, 9.17) is 9.84 Å². The van der Waals surface area contributed by atoms with Crippen LogP contribution in [0.25, 0.3) is 0 Å². The zero-order valence-corrected chi connectivity index (χ0v) is 7.86. The summed E-state index contributed by atoms with van der Waals surface area (Å²) in [5.41, 5.74) is 0. The Bertz CT molecular complexity index is 98.3. The van der Waals surface area contributed by atoms with E-state index in [2.05, 4.69) is 0 Å². The number of rotatable bonds is 7. The molecule has 0 radical (unpaired) electrons. The van der Waals surface area contributed by atoms with Gasteiger partial charge in [-0.3, -0.25) is 0 Å². The van der Waals surface area contributed by atoms with Gasteiger partial charge in [-0.15, -0.1) is 0 Å². The summed E-state index contributed by atoms with van der Waals surface area (Å²) in [5, 5.41) is 17.7. The van der Waals surface area contributed by atoms with Crippen molar-refractivity contribution < 1.29 is 14.9 Å². The molecule has 0 saturated carbocycles. The zero-order chi connectivity index (χ0) is 9.40. The van der Waals surface area contributed by atoms with Crippen molar-refractivity contribution in [2.75, 3.05) is 40.5 Å². The minimum Gasteiger partial charge on any atom is -0.394 e. The van der Waals surface area contributed by atoms with E-state index in [-0.39, 0.29) is 6.61 Å². The Morgan fingerprint density at radius 1 is 1.42 bits per heavy atom. The number of hydrogen-bond donors (Lipinski definition) is 2. The lowest BCUT2D eigenvalue weighted by Gasteiger charge is -2.13. The van der Waals surface area contributed by atoms with Gasteiger partial charge in [0.05, 0.1) is 25.9 Å². The molecule has 1 atom stereocenters. The van der Waals surface area contributed by atoms with Crippen molar-refractivity contribution in [3.8, 4) is 0 Å². The van der Waals surface area contributed by atoms with Crippen molar-refractivity contribution in [2.24, 2.45) is 0 Å². The molecule has 0 rings (SSSR count). The minimum atomic E-state index is -0.418. The molecular weight excluding hydrogens is 158 g/mol. The molecule has 0 aromatic heterocycles. The average Bonchev–Trinajstić information content (AvgIpc) is 2.01. The molecule has 0 amide bonds. The Balaban J connectivity index is 3.15. The van der Waals surface area contributed by atoms with Crippen LogP contribution < -0.4 is 0 Å². The van der Waals surface area contributed by atoms with Crippen molar-refractivity contribution in [3.05, 3.63) is 0 Å². The number of hydrogen-bond acceptors (Lipinski definition) is 4. The molecule has 1 unspecified atom stereocenters. The van der Waals surface area contributed by atoms with Gasteiger partial charge in [0.1, 0.15) is 0 Å². The minimum absolute atomic E-state index is 0.0143. The second-order valence-corrected chi connectivity index (χ2v) is 3.04. The van der Waals surface area contributed by atoms with Gasteiger partial charge in [-0.2, -0.15) is 0 Å². The van der Waals surface area contributed by atoms with Crippen LogP contribution in [-0.2, 0) is 4.74 Å². The molecule has 0 saturated heterocycles. The predicted molar refractivity (Wildman–Crippen MR) is 47.1 cm³/mol. The first-order chi connectivity index (χ1) is 5.66. The third kappa shape index (κ3) is 7.94. The van der Waals surface area contributed by atoms with Crippen LogP contribution in [-0.4, -0.2) is 61.7 Å². The molecule has 0 aromatic rings. The van der Waals surface area contributed by atoms with E-state index in [9.17, 15) is 5.11 Å². The summed E-state index contributed by atoms with van der Waals surface area (Å²) in [6.45, 7) is 1.48. The standard InChI is InChI=1S/C8H19NO3/c1-9(2)4-3-8(11)7-12-6-5-10/h8,10-11H,3-7H2,1-2H3. The van der Waals surface area contributed by atoms with Crippen LogP contribution >= 0.6 is 0 Å². The van der Waals surface area contributed by atoms with E-state index in [0.29, 0.717) is 19.6 Å². The van der Waals surface area contributed by atoms with Gasteiger partial charge in [-0.05, 0) is 20.5 Å². The van der Waals surface area contributed by atoms with E-state index < -0.39 is 6.10 Å². The fraction of sp³-hybridized carbons (Fsp3) is 1.00. The highest BCUT2D eigenvalue weighted by atomic mass is 16.5. The van der Waals surface area contributed by atoms with Crippen molar-refractivity contribution in [3.63, 3.8) is 0 Å². The van der Waals surface area contributed by atoms with Crippen LogP contribution in [0.2, 0.25) is 0 Å². The Morgan fingerprint density at radius 3 is 2.58 bits per heavy atom. The lowest BCUT2D eigenvalue weighted by molar-refractivity contribution is 0.0155. The summed E-state index contributed by atoms with van der Waals surface area (Å²) in [6.07, 6.45) is 0.289. The van der Waals surface area contributed by atoms with Gasteiger partial charge < -0.3 is 19.8 Å².